The third kappa shape index (κ3) is 5.56. The molecule has 4 rings (SSSR count). The number of nitrogens with one attached hydrogen (secondary N) is 2. The van der Waals surface area contributed by atoms with Crippen molar-refractivity contribution in [3.8, 4) is 17.0 Å². The van der Waals surface area contributed by atoms with E-state index >= 15 is 0 Å². The van der Waals surface area contributed by atoms with Crippen LogP contribution in [0.3, 0.4) is 0 Å². The Morgan fingerprint density at radius 3 is 2.70 bits per heavy atom. The van der Waals surface area contributed by atoms with Crippen LogP contribution in [0.4, 0.5) is 11.6 Å². The summed E-state index contributed by atoms with van der Waals surface area (Å²) in [5.74, 6) is 2.23. The molecule has 0 bridgehead atoms. The number of benzene rings is 1. The van der Waals surface area contributed by atoms with E-state index in [-0.39, 0.29) is 5.91 Å². The number of amides is 1. The third-order valence-electron chi connectivity index (χ3n) is 5.52. The van der Waals surface area contributed by atoms with Crippen molar-refractivity contribution in [3.63, 3.8) is 0 Å². The molecule has 3 heterocycles. The zero-order valence-electron chi connectivity index (χ0n) is 18.9. The maximum atomic E-state index is 11.8. The summed E-state index contributed by atoms with van der Waals surface area (Å²) >= 11 is 0. The highest BCUT2D eigenvalue weighted by Crippen LogP contribution is 2.23. The number of aromatic nitrogens is 3. The average Bonchev–Trinajstić information content (AvgIpc) is 2.89. The highest BCUT2D eigenvalue weighted by atomic mass is 16.5. The maximum absolute atomic E-state index is 11.8. The molecule has 9 nitrogen and oxygen atoms in total. The van der Waals surface area contributed by atoms with Gasteiger partial charge in [0.15, 0.2) is 0 Å². The zero-order chi connectivity index (χ0) is 23.0. The molecule has 1 amide bonds. The lowest BCUT2D eigenvalue weighted by Gasteiger charge is -2.27. The highest BCUT2D eigenvalue weighted by Gasteiger charge is 2.13. The number of pyridine rings is 1. The minimum atomic E-state index is -0.140. The van der Waals surface area contributed by atoms with Crippen molar-refractivity contribution in [1.29, 1.82) is 0 Å². The molecule has 9 heteroatoms. The minimum absolute atomic E-state index is 0.140. The summed E-state index contributed by atoms with van der Waals surface area (Å²) in [4.78, 5) is 27.4. The van der Waals surface area contributed by atoms with Gasteiger partial charge in [-0.05, 0) is 36.2 Å². The second kappa shape index (κ2) is 10.7. The van der Waals surface area contributed by atoms with Gasteiger partial charge < -0.3 is 25.0 Å². The van der Waals surface area contributed by atoms with Gasteiger partial charge in [-0.15, -0.1) is 0 Å². The first-order chi connectivity index (χ1) is 16.2. The van der Waals surface area contributed by atoms with Crippen LogP contribution in [-0.2, 0) is 11.2 Å². The number of hydrogen-bond donors (Lipinski definition) is 2. The van der Waals surface area contributed by atoms with Crippen molar-refractivity contribution in [3.05, 3.63) is 60.0 Å². The van der Waals surface area contributed by atoms with Crippen molar-refractivity contribution in [2.45, 2.75) is 6.42 Å². The maximum Gasteiger partial charge on any atom is 0.251 e. The van der Waals surface area contributed by atoms with E-state index in [4.69, 9.17) is 9.47 Å². The fourth-order valence-corrected chi connectivity index (χ4v) is 3.69. The standard InChI is InChI=1S/C24H28N6O3/c1-25-24(31)18-4-3-17(21(13-18)32-2)7-8-26-22-14-20(28-16-29-22)19-5-6-23(27-15-19)30-9-11-33-12-10-30/h3-6,13-16H,7-12H2,1-2H3,(H,25,31)(H,26,28,29). The van der Waals surface area contributed by atoms with E-state index in [1.165, 1.54) is 0 Å². The Kier molecular flexibility index (Phi) is 7.31. The predicted molar refractivity (Wildman–Crippen MR) is 127 cm³/mol. The topological polar surface area (TPSA) is 102 Å². The van der Waals surface area contributed by atoms with E-state index in [1.807, 2.05) is 30.5 Å². The van der Waals surface area contributed by atoms with E-state index in [0.717, 1.165) is 54.8 Å². The molecule has 0 aliphatic carbocycles. The van der Waals surface area contributed by atoms with Gasteiger partial charge in [-0.3, -0.25) is 4.79 Å². The van der Waals surface area contributed by atoms with Gasteiger partial charge in [0.25, 0.3) is 5.91 Å². The number of methoxy groups -OCH3 is 1. The molecule has 33 heavy (non-hydrogen) atoms. The summed E-state index contributed by atoms with van der Waals surface area (Å²) in [6, 6.07) is 11.4. The average molecular weight is 449 g/mol. The van der Waals surface area contributed by atoms with Crippen LogP contribution in [0.1, 0.15) is 15.9 Å². The van der Waals surface area contributed by atoms with E-state index in [2.05, 4.69) is 30.5 Å². The molecular formula is C24H28N6O3. The fraction of sp³-hybridized carbons (Fsp3) is 0.333. The molecular weight excluding hydrogens is 420 g/mol. The normalized spacial score (nSPS) is 13.5. The van der Waals surface area contributed by atoms with Crippen LogP contribution in [0.25, 0.3) is 11.3 Å². The minimum Gasteiger partial charge on any atom is -0.496 e. The lowest BCUT2D eigenvalue weighted by molar-refractivity contribution is 0.0962. The monoisotopic (exact) mass is 448 g/mol. The number of anilines is 2. The van der Waals surface area contributed by atoms with Gasteiger partial charge >= 0.3 is 0 Å². The first kappa shape index (κ1) is 22.5. The Balaban J connectivity index is 1.38. The number of carbonyl (C=O) groups excluding carboxylic acids is 1. The molecule has 172 valence electrons. The molecule has 0 radical (unpaired) electrons. The summed E-state index contributed by atoms with van der Waals surface area (Å²) in [5.41, 5.74) is 3.32. The number of rotatable bonds is 8. The predicted octanol–water partition coefficient (Wildman–Crippen LogP) is 2.40. The number of ether oxygens (including phenoxy) is 2. The lowest BCUT2D eigenvalue weighted by Crippen LogP contribution is -2.36. The molecule has 1 aliphatic heterocycles. The van der Waals surface area contributed by atoms with Crippen LogP contribution in [0.5, 0.6) is 5.75 Å². The summed E-state index contributed by atoms with van der Waals surface area (Å²) < 4.78 is 10.9. The molecule has 1 fully saturated rings. The van der Waals surface area contributed by atoms with Crippen molar-refractivity contribution < 1.29 is 14.3 Å². The first-order valence-electron chi connectivity index (χ1n) is 10.9. The van der Waals surface area contributed by atoms with Crippen LogP contribution in [-0.4, -0.2) is 67.9 Å². The molecule has 1 saturated heterocycles. The van der Waals surface area contributed by atoms with Crippen LogP contribution in [0.2, 0.25) is 0 Å². The summed E-state index contributed by atoms with van der Waals surface area (Å²) in [7, 11) is 3.21. The lowest BCUT2D eigenvalue weighted by atomic mass is 10.1. The molecule has 2 aromatic heterocycles. The molecule has 1 aromatic carbocycles. The Morgan fingerprint density at radius 1 is 1.12 bits per heavy atom. The number of morpholine rings is 1. The fourth-order valence-electron chi connectivity index (χ4n) is 3.69. The number of carbonyl (C=O) groups is 1. The van der Waals surface area contributed by atoms with Crippen LogP contribution >= 0.6 is 0 Å². The van der Waals surface area contributed by atoms with Crippen molar-refractivity contribution in [2.75, 3.05) is 57.2 Å². The molecule has 0 atom stereocenters. The molecule has 1 aliphatic rings. The largest absolute Gasteiger partial charge is 0.496 e. The smallest absolute Gasteiger partial charge is 0.251 e. The summed E-state index contributed by atoms with van der Waals surface area (Å²) in [6.07, 6.45) is 4.11. The summed E-state index contributed by atoms with van der Waals surface area (Å²) in [5, 5.41) is 5.96. The molecule has 0 saturated carbocycles. The second-order valence-corrected chi connectivity index (χ2v) is 7.58. The van der Waals surface area contributed by atoms with Gasteiger partial charge in [0, 0.05) is 50.1 Å². The van der Waals surface area contributed by atoms with Crippen molar-refractivity contribution >= 4 is 17.5 Å². The van der Waals surface area contributed by atoms with Gasteiger partial charge in [0.2, 0.25) is 0 Å². The van der Waals surface area contributed by atoms with E-state index in [1.54, 1.807) is 32.6 Å². The Morgan fingerprint density at radius 2 is 1.97 bits per heavy atom. The van der Waals surface area contributed by atoms with Crippen molar-refractivity contribution in [2.24, 2.45) is 0 Å². The van der Waals surface area contributed by atoms with Gasteiger partial charge in [-0.25, -0.2) is 15.0 Å². The van der Waals surface area contributed by atoms with Gasteiger partial charge in [0.05, 0.1) is 26.0 Å². The summed E-state index contributed by atoms with van der Waals surface area (Å²) in [6.45, 7) is 3.82. The quantitative estimate of drug-likeness (QED) is 0.542. The van der Waals surface area contributed by atoms with Gasteiger partial charge in [0.1, 0.15) is 23.7 Å². The zero-order valence-corrected chi connectivity index (χ0v) is 18.9. The molecule has 0 spiro atoms. The van der Waals surface area contributed by atoms with E-state index in [9.17, 15) is 4.79 Å². The van der Waals surface area contributed by atoms with Crippen LogP contribution in [0.15, 0.2) is 48.9 Å². The Bertz CT molecular complexity index is 1080. The molecule has 3 aromatic rings. The first-order valence-corrected chi connectivity index (χ1v) is 10.9. The Labute approximate surface area is 193 Å². The van der Waals surface area contributed by atoms with Crippen molar-refractivity contribution in [1.82, 2.24) is 20.3 Å². The number of hydrogen-bond acceptors (Lipinski definition) is 8. The number of nitrogens with zero attached hydrogens (tertiary/aromatic N) is 4. The van der Waals surface area contributed by atoms with Crippen LogP contribution in [0, 0.1) is 0 Å². The van der Waals surface area contributed by atoms with Crippen LogP contribution < -0.4 is 20.3 Å². The van der Waals surface area contributed by atoms with Gasteiger partial charge in [-0.1, -0.05) is 6.07 Å². The van der Waals surface area contributed by atoms with Gasteiger partial charge in [-0.2, -0.15) is 0 Å². The van der Waals surface area contributed by atoms with E-state index in [0.29, 0.717) is 24.3 Å². The second-order valence-electron chi connectivity index (χ2n) is 7.58. The molecule has 0 unspecified atom stereocenters. The van der Waals surface area contributed by atoms with E-state index < -0.39 is 0 Å². The molecule has 2 N–H and O–H groups in total. The SMILES string of the molecule is CNC(=O)c1ccc(CCNc2cc(-c3ccc(N4CCOCC4)nc3)ncn2)c(OC)c1. The highest BCUT2D eigenvalue weighted by molar-refractivity contribution is 5.94. The third-order valence-corrected chi connectivity index (χ3v) is 5.52. The Hall–Kier alpha value is -3.72.